The molecular formula is C12H12Cl2N4. The molecule has 2 rings (SSSR count). The Hall–Kier alpha value is -1.62. The van der Waals surface area contributed by atoms with E-state index >= 15 is 0 Å². The van der Waals surface area contributed by atoms with Crippen molar-refractivity contribution in [2.75, 3.05) is 16.9 Å². The molecule has 0 aliphatic heterocycles. The van der Waals surface area contributed by atoms with Crippen molar-refractivity contribution < 1.29 is 0 Å². The number of nitrogen functional groups attached to an aromatic ring is 3. The highest BCUT2D eigenvalue weighted by Gasteiger charge is 2.10. The van der Waals surface area contributed by atoms with Gasteiger partial charge in [-0.25, -0.2) is 0 Å². The van der Waals surface area contributed by atoms with E-state index in [9.17, 15) is 0 Å². The number of halogens is 2. The van der Waals surface area contributed by atoms with Gasteiger partial charge in [0.2, 0.25) is 0 Å². The van der Waals surface area contributed by atoms with Gasteiger partial charge in [0.1, 0.15) is 0 Å². The maximum Gasteiger partial charge on any atom is 0.0886 e. The maximum absolute atomic E-state index is 6.09. The molecule has 0 radical (unpaired) electrons. The van der Waals surface area contributed by atoms with Crippen LogP contribution >= 0.6 is 23.2 Å². The third kappa shape index (κ3) is 2.18. The van der Waals surface area contributed by atoms with Crippen molar-refractivity contribution in [3.05, 3.63) is 40.4 Å². The molecule has 0 saturated carbocycles. The smallest absolute Gasteiger partial charge is 0.0886 e. The van der Waals surface area contributed by atoms with E-state index in [1.807, 2.05) is 12.1 Å². The quantitative estimate of drug-likeness (QED) is 0.387. The molecule has 7 N–H and O–H groups in total. The molecule has 0 bridgehead atoms. The number of hydrazine groups is 1. The second kappa shape index (κ2) is 4.94. The van der Waals surface area contributed by atoms with Crippen molar-refractivity contribution in [1.82, 2.24) is 0 Å². The van der Waals surface area contributed by atoms with E-state index in [1.54, 1.807) is 18.2 Å². The fraction of sp³-hybridized carbons (Fsp3) is 0. The van der Waals surface area contributed by atoms with Crippen LogP contribution in [0.1, 0.15) is 0 Å². The van der Waals surface area contributed by atoms with Gasteiger partial charge >= 0.3 is 0 Å². The monoisotopic (exact) mass is 282 g/mol. The van der Waals surface area contributed by atoms with Gasteiger partial charge < -0.3 is 16.9 Å². The molecule has 94 valence electrons. The van der Waals surface area contributed by atoms with Gasteiger partial charge in [-0.2, -0.15) is 0 Å². The molecule has 2 aromatic rings. The lowest BCUT2D eigenvalue weighted by Crippen LogP contribution is -2.08. The van der Waals surface area contributed by atoms with Crippen molar-refractivity contribution in [3.8, 4) is 11.1 Å². The van der Waals surface area contributed by atoms with Gasteiger partial charge in [0.15, 0.2) is 0 Å². The van der Waals surface area contributed by atoms with Crippen LogP contribution in [-0.2, 0) is 0 Å². The Morgan fingerprint density at radius 1 is 1.00 bits per heavy atom. The highest BCUT2D eigenvalue weighted by Crippen LogP contribution is 2.37. The molecule has 0 aromatic heterocycles. The first-order valence-electron chi connectivity index (χ1n) is 5.14. The lowest BCUT2D eigenvalue weighted by Gasteiger charge is -2.12. The molecule has 2 aromatic carbocycles. The summed E-state index contributed by atoms with van der Waals surface area (Å²) in [7, 11) is 0. The van der Waals surface area contributed by atoms with Crippen molar-refractivity contribution in [3.63, 3.8) is 0 Å². The average Bonchev–Trinajstić information content (AvgIpc) is 2.36. The predicted octanol–water partition coefficient (Wildman–Crippen LogP) is 3.11. The van der Waals surface area contributed by atoms with Gasteiger partial charge in [0, 0.05) is 5.56 Å². The van der Waals surface area contributed by atoms with Crippen molar-refractivity contribution in [2.24, 2.45) is 5.84 Å². The molecule has 0 saturated heterocycles. The molecule has 18 heavy (non-hydrogen) atoms. The predicted molar refractivity (Wildman–Crippen MR) is 78.5 cm³/mol. The summed E-state index contributed by atoms with van der Waals surface area (Å²) < 4.78 is 0. The van der Waals surface area contributed by atoms with E-state index in [0.717, 1.165) is 11.1 Å². The van der Waals surface area contributed by atoms with E-state index in [1.165, 1.54) is 0 Å². The molecule has 0 aliphatic rings. The van der Waals surface area contributed by atoms with Crippen molar-refractivity contribution in [1.29, 1.82) is 0 Å². The first kappa shape index (κ1) is 12.8. The summed E-state index contributed by atoms with van der Waals surface area (Å²) in [4.78, 5) is 0. The zero-order chi connectivity index (χ0) is 13.3. The van der Waals surface area contributed by atoms with Crippen LogP contribution in [0.2, 0.25) is 10.0 Å². The summed E-state index contributed by atoms with van der Waals surface area (Å²) >= 11 is 12.1. The zero-order valence-corrected chi connectivity index (χ0v) is 10.9. The minimum absolute atomic E-state index is 0.378. The van der Waals surface area contributed by atoms with Crippen LogP contribution in [-0.4, -0.2) is 0 Å². The van der Waals surface area contributed by atoms with Gasteiger partial charge in [-0.15, -0.1) is 0 Å². The zero-order valence-electron chi connectivity index (χ0n) is 9.37. The van der Waals surface area contributed by atoms with Crippen LogP contribution in [0.3, 0.4) is 0 Å². The lowest BCUT2D eigenvalue weighted by atomic mass is 10.0. The first-order valence-corrected chi connectivity index (χ1v) is 5.90. The Morgan fingerprint density at radius 3 is 2.33 bits per heavy atom. The molecule has 0 fully saturated rings. The Kier molecular flexibility index (Phi) is 3.52. The Morgan fingerprint density at radius 2 is 1.72 bits per heavy atom. The third-order valence-electron chi connectivity index (χ3n) is 2.65. The summed E-state index contributed by atoms with van der Waals surface area (Å²) in [5, 5.41) is 0.854. The van der Waals surface area contributed by atoms with Gasteiger partial charge in [0.25, 0.3) is 0 Å². The number of anilines is 3. The fourth-order valence-corrected chi connectivity index (χ4v) is 2.05. The normalized spacial score (nSPS) is 10.4. The number of benzene rings is 2. The van der Waals surface area contributed by atoms with E-state index in [-0.39, 0.29) is 0 Å². The van der Waals surface area contributed by atoms with Crippen LogP contribution in [0.15, 0.2) is 30.3 Å². The van der Waals surface area contributed by atoms with E-state index in [4.69, 9.17) is 40.5 Å². The number of hydrogen-bond acceptors (Lipinski definition) is 4. The SMILES string of the molecule is NNc1ccc(-c2ccc(N)c(Cl)c2)c(N)c1Cl. The summed E-state index contributed by atoms with van der Waals surface area (Å²) in [5.74, 6) is 5.32. The Balaban J connectivity index is 2.57. The van der Waals surface area contributed by atoms with Crippen LogP contribution in [0.5, 0.6) is 0 Å². The van der Waals surface area contributed by atoms with Crippen molar-refractivity contribution >= 4 is 40.3 Å². The molecule has 0 amide bonds. The van der Waals surface area contributed by atoms with Gasteiger partial charge in [0.05, 0.1) is 27.1 Å². The van der Waals surface area contributed by atoms with E-state index < -0.39 is 0 Å². The molecule has 4 nitrogen and oxygen atoms in total. The molecule has 6 heteroatoms. The number of hydrogen-bond donors (Lipinski definition) is 4. The van der Waals surface area contributed by atoms with Crippen LogP contribution in [0, 0.1) is 0 Å². The fourth-order valence-electron chi connectivity index (χ4n) is 1.65. The van der Waals surface area contributed by atoms with Gasteiger partial charge in [-0.3, -0.25) is 5.84 Å². The van der Waals surface area contributed by atoms with Crippen LogP contribution < -0.4 is 22.7 Å². The molecule has 0 unspecified atom stereocenters. The minimum atomic E-state index is 0.378. The molecule has 0 spiro atoms. The summed E-state index contributed by atoms with van der Waals surface area (Å²) in [6.45, 7) is 0. The largest absolute Gasteiger partial charge is 0.398 e. The minimum Gasteiger partial charge on any atom is -0.398 e. The van der Waals surface area contributed by atoms with Gasteiger partial charge in [-0.1, -0.05) is 35.3 Å². The highest BCUT2D eigenvalue weighted by molar-refractivity contribution is 6.36. The second-order valence-electron chi connectivity index (χ2n) is 3.77. The Labute approximate surface area is 115 Å². The standard InChI is InChI=1S/C12H12Cl2N4/c13-8-5-6(1-3-9(8)15)7-2-4-10(18-17)11(14)12(7)16/h1-5,18H,15-17H2. The van der Waals surface area contributed by atoms with E-state index in [0.29, 0.717) is 27.1 Å². The molecule has 0 aliphatic carbocycles. The maximum atomic E-state index is 6.09. The number of nitrogens with one attached hydrogen (secondary N) is 1. The van der Waals surface area contributed by atoms with Crippen molar-refractivity contribution in [2.45, 2.75) is 0 Å². The summed E-state index contributed by atoms with van der Waals surface area (Å²) in [5.41, 5.74) is 17.3. The number of nitrogens with two attached hydrogens (primary N) is 3. The van der Waals surface area contributed by atoms with Gasteiger partial charge in [-0.05, 0) is 23.8 Å². The summed E-state index contributed by atoms with van der Waals surface area (Å²) in [6, 6.07) is 8.86. The Bertz CT molecular complexity index is 599. The topological polar surface area (TPSA) is 90.1 Å². The van der Waals surface area contributed by atoms with Crippen LogP contribution in [0.25, 0.3) is 11.1 Å². The lowest BCUT2D eigenvalue weighted by molar-refractivity contribution is 1.35. The van der Waals surface area contributed by atoms with E-state index in [2.05, 4.69) is 5.43 Å². The molecule has 0 atom stereocenters. The van der Waals surface area contributed by atoms with Crippen LogP contribution in [0.4, 0.5) is 17.1 Å². The first-order chi connectivity index (χ1) is 8.54. The summed E-state index contributed by atoms with van der Waals surface area (Å²) in [6.07, 6.45) is 0. The molecule has 0 heterocycles. The highest BCUT2D eigenvalue weighted by atomic mass is 35.5. The third-order valence-corrected chi connectivity index (χ3v) is 3.38. The average molecular weight is 283 g/mol. The molecular weight excluding hydrogens is 271 g/mol. The second-order valence-corrected chi connectivity index (χ2v) is 4.55. The number of rotatable bonds is 2.